The molecule has 2 rings (SSSR count). The van der Waals surface area contributed by atoms with E-state index in [1.165, 1.54) is 6.07 Å². The van der Waals surface area contributed by atoms with Crippen LogP contribution in [0.4, 0.5) is 10.7 Å². The van der Waals surface area contributed by atoms with Gasteiger partial charge in [0.15, 0.2) is 0 Å². The van der Waals surface area contributed by atoms with Crippen LogP contribution in [-0.2, 0) is 6.54 Å². The second-order valence-corrected chi connectivity index (χ2v) is 5.01. The van der Waals surface area contributed by atoms with Crippen molar-refractivity contribution in [3.05, 3.63) is 55.9 Å². The van der Waals surface area contributed by atoms with Gasteiger partial charge in [0.25, 0.3) is 0 Å². The van der Waals surface area contributed by atoms with Crippen LogP contribution in [0.1, 0.15) is 11.1 Å². The number of benzene rings is 1. The van der Waals surface area contributed by atoms with Gasteiger partial charge in [0.05, 0.1) is 27.3 Å². The molecule has 0 aliphatic rings. The zero-order valence-corrected chi connectivity index (χ0v) is 11.2. The molecule has 0 unspecified atom stereocenters. The highest BCUT2D eigenvalue weighted by atomic mass is 35.5. The Morgan fingerprint density at radius 1 is 1.47 bits per heavy atom. The summed E-state index contributed by atoms with van der Waals surface area (Å²) < 4.78 is 0. The van der Waals surface area contributed by atoms with Gasteiger partial charge in [0.1, 0.15) is 0 Å². The number of rotatable bonds is 4. The molecular weight excluding hydrogens is 286 g/mol. The van der Waals surface area contributed by atoms with Crippen LogP contribution < -0.4 is 5.32 Å². The van der Waals surface area contributed by atoms with Gasteiger partial charge < -0.3 is 5.32 Å². The topological polar surface area (TPSA) is 79.0 Å². The Kier molecular flexibility index (Phi) is 4.00. The number of nitriles is 1. The van der Waals surface area contributed by atoms with Crippen molar-refractivity contribution in [2.24, 2.45) is 0 Å². The lowest BCUT2D eigenvalue weighted by atomic mass is 10.2. The molecule has 0 saturated heterocycles. The third-order valence-corrected chi connectivity index (χ3v) is 3.64. The third-order valence-electron chi connectivity index (χ3n) is 2.40. The average Bonchev–Trinajstić information content (AvgIpc) is 2.86. The lowest BCUT2D eigenvalue weighted by molar-refractivity contribution is -0.380. The van der Waals surface area contributed by atoms with E-state index < -0.39 is 4.92 Å². The first-order valence-electron chi connectivity index (χ1n) is 5.25. The van der Waals surface area contributed by atoms with Crippen molar-refractivity contribution < 1.29 is 4.92 Å². The van der Waals surface area contributed by atoms with Gasteiger partial charge in [-0.1, -0.05) is 22.9 Å². The maximum Gasteiger partial charge on any atom is 0.324 e. The molecule has 5 nitrogen and oxygen atoms in total. The van der Waals surface area contributed by atoms with E-state index >= 15 is 0 Å². The summed E-state index contributed by atoms with van der Waals surface area (Å²) >= 11 is 7.10. The van der Waals surface area contributed by atoms with Crippen molar-refractivity contribution in [2.45, 2.75) is 6.54 Å². The Morgan fingerprint density at radius 2 is 2.26 bits per heavy atom. The summed E-state index contributed by atoms with van der Waals surface area (Å²) in [6, 6.07) is 8.46. The summed E-state index contributed by atoms with van der Waals surface area (Å²) in [4.78, 5) is 10.1. The van der Waals surface area contributed by atoms with Gasteiger partial charge in [-0.05, 0) is 23.8 Å². The van der Waals surface area contributed by atoms with E-state index in [9.17, 15) is 10.1 Å². The molecule has 0 bridgehead atoms. The lowest BCUT2D eigenvalue weighted by Crippen LogP contribution is -1.98. The molecule has 19 heavy (non-hydrogen) atoms. The normalized spacial score (nSPS) is 9.89. The van der Waals surface area contributed by atoms with Crippen molar-refractivity contribution in [1.29, 1.82) is 5.26 Å². The minimum atomic E-state index is -0.414. The molecule has 7 heteroatoms. The molecule has 96 valence electrons. The number of nitro groups is 1. The number of anilines is 1. The van der Waals surface area contributed by atoms with E-state index in [1.54, 1.807) is 23.6 Å². The fourth-order valence-corrected chi connectivity index (χ4v) is 2.45. The molecule has 1 heterocycles. The zero-order valence-electron chi connectivity index (χ0n) is 9.59. The van der Waals surface area contributed by atoms with Crippen molar-refractivity contribution >= 4 is 33.6 Å². The first-order valence-corrected chi connectivity index (χ1v) is 6.51. The number of nitrogens with zero attached hydrogens (tertiary/aromatic N) is 2. The maximum atomic E-state index is 10.6. The Hall–Kier alpha value is -2.10. The van der Waals surface area contributed by atoms with E-state index in [-0.39, 0.29) is 5.00 Å². The maximum absolute atomic E-state index is 10.6. The minimum absolute atomic E-state index is 0.114. The van der Waals surface area contributed by atoms with Gasteiger partial charge in [-0.25, -0.2) is 0 Å². The van der Waals surface area contributed by atoms with Gasteiger partial charge in [-0.2, -0.15) is 5.26 Å². The molecular formula is C12H8ClN3O2S. The van der Waals surface area contributed by atoms with Crippen LogP contribution in [0, 0.1) is 21.4 Å². The van der Waals surface area contributed by atoms with Crippen LogP contribution in [0.15, 0.2) is 29.6 Å². The molecule has 1 N–H and O–H groups in total. The van der Waals surface area contributed by atoms with Crippen LogP contribution >= 0.6 is 22.9 Å². The van der Waals surface area contributed by atoms with Crippen LogP contribution in [0.2, 0.25) is 5.02 Å². The molecule has 0 amide bonds. The number of hydrogen-bond acceptors (Lipinski definition) is 5. The Morgan fingerprint density at radius 3 is 2.84 bits per heavy atom. The highest BCUT2D eigenvalue weighted by Crippen LogP contribution is 2.26. The molecule has 0 aliphatic carbocycles. The number of nitrogens with one attached hydrogen (secondary N) is 1. The Labute approximate surface area is 118 Å². The largest absolute Gasteiger partial charge is 0.380 e. The van der Waals surface area contributed by atoms with Crippen LogP contribution in [0.25, 0.3) is 0 Å². The molecule has 0 aliphatic heterocycles. The molecule has 1 aromatic heterocycles. The molecule has 2 aromatic rings. The van der Waals surface area contributed by atoms with Crippen molar-refractivity contribution in [2.75, 3.05) is 5.32 Å². The van der Waals surface area contributed by atoms with Crippen molar-refractivity contribution in [1.82, 2.24) is 0 Å². The fourth-order valence-electron chi connectivity index (χ4n) is 1.48. The molecule has 1 aromatic carbocycles. The first-order chi connectivity index (χ1) is 9.10. The van der Waals surface area contributed by atoms with E-state index in [0.29, 0.717) is 22.8 Å². The monoisotopic (exact) mass is 293 g/mol. The highest BCUT2D eigenvalue weighted by Gasteiger charge is 2.09. The van der Waals surface area contributed by atoms with Crippen LogP contribution in [0.5, 0.6) is 0 Å². The summed E-state index contributed by atoms with van der Waals surface area (Å²) in [6.07, 6.45) is 0. The smallest absolute Gasteiger partial charge is 0.324 e. The average molecular weight is 294 g/mol. The van der Waals surface area contributed by atoms with Crippen molar-refractivity contribution in [3.63, 3.8) is 0 Å². The minimum Gasteiger partial charge on any atom is -0.380 e. The van der Waals surface area contributed by atoms with E-state index in [1.807, 2.05) is 6.07 Å². The second-order valence-electron chi connectivity index (χ2n) is 3.71. The number of halogens is 1. The van der Waals surface area contributed by atoms with E-state index in [2.05, 4.69) is 5.32 Å². The van der Waals surface area contributed by atoms with Gasteiger partial charge in [-0.15, -0.1) is 0 Å². The summed E-state index contributed by atoms with van der Waals surface area (Å²) in [7, 11) is 0. The molecule has 0 spiro atoms. The molecule has 0 radical (unpaired) electrons. The third kappa shape index (κ3) is 3.22. The standard InChI is InChI=1S/C12H8ClN3O2S/c13-10-3-8(5-14)1-2-11(10)15-6-9-4-12(16(17)18)19-7-9/h1-4,7,15H,6H2. The summed E-state index contributed by atoms with van der Waals surface area (Å²) in [5, 5.41) is 24.6. The predicted octanol–water partition coefficient (Wildman–Crippen LogP) is 3.79. The zero-order chi connectivity index (χ0) is 13.8. The van der Waals surface area contributed by atoms with Crippen molar-refractivity contribution in [3.8, 4) is 6.07 Å². The summed E-state index contributed by atoms with van der Waals surface area (Å²) in [5.74, 6) is 0. The highest BCUT2D eigenvalue weighted by molar-refractivity contribution is 7.13. The molecule has 0 fully saturated rings. The second kappa shape index (κ2) is 5.69. The van der Waals surface area contributed by atoms with E-state index in [0.717, 1.165) is 16.9 Å². The van der Waals surface area contributed by atoms with Crippen LogP contribution in [0.3, 0.4) is 0 Å². The Bertz CT molecular complexity index is 663. The lowest BCUT2D eigenvalue weighted by Gasteiger charge is -2.07. The summed E-state index contributed by atoms with van der Waals surface area (Å²) in [5.41, 5.74) is 1.99. The predicted molar refractivity (Wildman–Crippen MR) is 74.5 cm³/mol. The molecule has 0 atom stereocenters. The molecule has 0 saturated carbocycles. The van der Waals surface area contributed by atoms with E-state index in [4.69, 9.17) is 16.9 Å². The van der Waals surface area contributed by atoms with Gasteiger partial charge >= 0.3 is 5.00 Å². The number of hydrogen-bond donors (Lipinski definition) is 1. The number of thiophene rings is 1. The van der Waals surface area contributed by atoms with Gasteiger partial charge in [0.2, 0.25) is 0 Å². The van der Waals surface area contributed by atoms with Gasteiger partial charge in [0, 0.05) is 18.0 Å². The fraction of sp³-hybridized carbons (Fsp3) is 0.0833. The first kappa shape index (κ1) is 13.3. The quantitative estimate of drug-likeness (QED) is 0.687. The van der Waals surface area contributed by atoms with Crippen LogP contribution in [-0.4, -0.2) is 4.92 Å². The summed E-state index contributed by atoms with van der Waals surface area (Å²) in [6.45, 7) is 0.440. The van der Waals surface area contributed by atoms with Gasteiger partial charge in [-0.3, -0.25) is 10.1 Å². The SMILES string of the molecule is N#Cc1ccc(NCc2csc([N+](=O)[O-])c2)c(Cl)c1. The Balaban J connectivity index is 2.06.